The van der Waals surface area contributed by atoms with E-state index in [4.69, 9.17) is 12.2 Å². The molecule has 1 aromatic heterocycles. The van der Waals surface area contributed by atoms with Crippen molar-refractivity contribution in [2.24, 2.45) is 0 Å². The number of nitrogens with zero attached hydrogens (tertiary/aromatic N) is 2. The zero-order valence-corrected chi connectivity index (χ0v) is 13.8. The lowest BCUT2D eigenvalue weighted by Crippen LogP contribution is -2.19. The first-order valence-corrected chi connectivity index (χ1v) is 7.30. The lowest BCUT2D eigenvalue weighted by atomic mass is 9.95. The van der Waals surface area contributed by atoms with Crippen LogP contribution in [0.2, 0.25) is 0 Å². The second-order valence-corrected chi connectivity index (χ2v) is 6.69. The third-order valence-electron chi connectivity index (χ3n) is 3.12. The van der Waals surface area contributed by atoms with Gasteiger partial charge in [-0.15, -0.1) is 6.42 Å². The minimum Gasteiger partial charge on any atom is -0.383 e. The molecule has 0 aliphatic rings. The van der Waals surface area contributed by atoms with Crippen molar-refractivity contribution < 1.29 is 4.39 Å². The first kappa shape index (κ1) is 15.6. The average molecular weight is 350 g/mol. The van der Waals surface area contributed by atoms with Crippen molar-refractivity contribution in [3.05, 3.63) is 34.3 Å². The second-order valence-electron chi connectivity index (χ2n) is 5.84. The van der Waals surface area contributed by atoms with Gasteiger partial charge < -0.3 is 10.3 Å². The quantitative estimate of drug-likeness (QED) is 0.833. The van der Waals surface area contributed by atoms with Gasteiger partial charge in [0.15, 0.2) is 0 Å². The molecular formula is C16H17BrFN3. The van der Waals surface area contributed by atoms with E-state index in [9.17, 15) is 4.39 Å². The molecule has 0 atom stereocenters. The van der Waals surface area contributed by atoms with Crippen LogP contribution in [0.1, 0.15) is 26.6 Å². The molecule has 0 aliphatic carbocycles. The number of nitrogen functional groups attached to an aromatic ring is 1. The van der Waals surface area contributed by atoms with Crippen LogP contribution in [-0.2, 0) is 12.0 Å². The van der Waals surface area contributed by atoms with Gasteiger partial charge in [-0.3, -0.25) is 0 Å². The van der Waals surface area contributed by atoms with Crippen LogP contribution in [0.3, 0.4) is 0 Å². The maximum absolute atomic E-state index is 13.7. The second kappa shape index (κ2) is 5.53. The van der Waals surface area contributed by atoms with E-state index in [0.29, 0.717) is 28.1 Å². The van der Waals surface area contributed by atoms with Crippen LogP contribution < -0.4 is 5.73 Å². The van der Waals surface area contributed by atoms with Crippen molar-refractivity contribution in [2.45, 2.75) is 32.7 Å². The number of imidazole rings is 1. The Bertz CT molecular complexity index is 720. The van der Waals surface area contributed by atoms with Gasteiger partial charge in [0.1, 0.15) is 23.2 Å². The molecule has 1 heterocycles. The molecule has 0 amide bonds. The summed E-state index contributed by atoms with van der Waals surface area (Å²) in [5, 5.41) is 0. The fourth-order valence-corrected chi connectivity index (χ4v) is 2.39. The van der Waals surface area contributed by atoms with E-state index in [1.807, 2.05) is 20.8 Å². The minimum absolute atomic E-state index is 0.211. The smallest absolute Gasteiger partial charge is 0.138 e. The molecule has 2 aromatic rings. The Morgan fingerprint density at radius 2 is 2.10 bits per heavy atom. The summed E-state index contributed by atoms with van der Waals surface area (Å²) in [7, 11) is 0. The zero-order chi connectivity index (χ0) is 15.8. The van der Waals surface area contributed by atoms with Crippen LogP contribution >= 0.6 is 15.9 Å². The third kappa shape index (κ3) is 2.96. The summed E-state index contributed by atoms with van der Waals surface area (Å²) < 4.78 is 15.9. The first-order chi connectivity index (χ1) is 9.75. The van der Waals surface area contributed by atoms with Gasteiger partial charge in [-0.1, -0.05) is 32.8 Å². The standard InChI is InChI=1S/C16H17BrFN3/c1-5-8-21-14(19)13(20-15(21)16(2,3)4)10-6-7-11(17)12(18)9-10/h1,6-7,9H,8,19H2,2-4H3. The molecule has 0 saturated heterocycles. The number of benzene rings is 1. The molecule has 0 bridgehead atoms. The Morgan fingerprint density at radius 3 is 2.62 bits per heavy atom. The van der Waals surface area contributed by atoms with Crippen LogP contribution in [-0.4, -0.2) is 9.55 Å². The zero-order valence-electron chi connectivity index (χ0n) is 12.2. The normalized spacial score (nSPS) is 11.4. The number of halogens is 2. The minimum atomic E-state index is -0.351. The van der Waals surface area contributed by atoms with Crippen molar-refractivity contribution in [3.63, 3.8) is 0 Å². The summed E-state index contributed by atoms with van der Waals surface area (Å²) in [4.78, 5) is 4.60. The first-order valence-electron chi connectivity index (χ1n) is 6.51. The Labute approximate surface area is 132 Å². The molecular weight excluding hydrogens is 333 g/mol. The average Bonchev–Trinajstić information content (AvgIpc) is 2.71. The highest BCUT2D eigenvalue weighted by molar-refractivity contribution is 9.10. The van der Waals surface area contributed by atoms with Gasteiger partial charge in [0.05, 0.1) is 11.0 Å². The van der Waals surface area contributed by atoms with Crippen LogP contribution in [0, 0.1) is 18.2 Å². The van der Waals surface area contributed by atoms with E-state index >= 15 is 0 Å². The lowest BCUT2D eigenvalue weighted by molar-refractivity contribution is 0.517. The van der Waals surface area contributed by atoms with Crippen molar-refractivity contribution in [3.8, 4) is 23.6 Å². The Hall–Kier alpha value is -1.80. The Kier molecular flexibility index (Phi) is 4.11. The number of hydrogen-bond acceptors (Lipinski definition) is 2. The topological polar surface area (TPSA) is 43.8 Å². The molecule has 1 aromatic carbocycles. The molecule has 0 unspecified atom stereocenters. The molecule has 0 radical (unpaired) electrons. The van der Waals surface area contributed by atoms with Crippen molar-refractivity contribution in [1.82, 2.24) is 9.55 Å². The van der Waals surface area contributed by atoms with E-state index in [2.05, 4.69) is 26.8 Å². The number of anilines is 1. The molecule has 2 rings (SSSR count). The van der Waals surface area contributed by atoms with E-state index in [1.165, 1.54) is 6.07 Å². The van der Waals surface area contributed by atoms with E-state index in [-0.39, 0.29) is 11.2 Å². The molecule has 3 nitrogen and oxygen atoms in total. The van der Waals surface area contributed by atoms with Gasteiger partial charge in [0.2, 0.25) is 0 Å². The predicted molar refractivity (Wildman–Crippen MR) is 87.3 cm³/mol. The van der Waals surface area contributed by atoms with Crippen molar-refractivity contribution >= 4 is 21.7 Å². The fraction of sp³-hybridized carbons (Fsp3) is 0.312. The lowest BCUT2D eigenvalue weighted by Gasteiger charge is -2.18. The summed E-state index contributed by atoms with van der Waals surface area (Å²) in [6, 6.07) is 4.83. The van der Waals surface area contributed by atoms with E-state index in [1.54, 1.807) is 16.7 Å². The van der Waals surface area contributed by atoms with Crippen LogP contribution in [0.5, 0.6) is 0 Å². The van der Waals surface area contributed by atoms with Gasteiger partial charge in [-0.25, -0.2) is 9.37 Å². The maximum Gasteiger partial charge on any atom is 0.138 e. The van der Waals surface area contributed by atoms with Crippen LogP contribution in [0.15, 0.2) is 22.7 Å². The highest BCUT2D eigenvalue weighted by atomic mass is 79.9. The molecule has 0 spiro atoms. The molecule has 0 saturated carbocycles. The van der Waals surface area contributed by atoms with Crippen molar-refractivity contribution in [1.29, 1.82) is 0 Å². The van der Waals surface area contributed by atoms with Gasteiger partial charge >= 0.3 is 0 Å². The van der Waals surface area contributed by atoms with E-state index in [0.717, 1.165) is 5.82 Å². The number of terminal acetylenes is 1. The van der Waals surface area contributed by atoms with Crippen LogP contribution in [0.4, 0.5) is 10.2 Å². The molecule has 110 valence electrons. The predicted octanol–water partition coefficient (Wildman–Crippen LogP) is 3.96. The Morgan fingerprint density at radius 1 is 1.43 bits per heavy atom. The van der Waals surface area contributed by atoms with Crippen LogP contribution in [0.25, 0.3) is 11.3 Å². The number of nitrogens with two attached hydrogens (primary N) is 1. The summed E-state index contributed by atoms with van der Waals surface area (Å²) in [5.74, 6) is 3.48. The van der Waals surface area contributed by atoms with Gasteiger partial charge in [0.25, 0.3) is 0 Å². The molecule has 0 aliphatic heterocycles. The van der Waals surface area contributed by atoms with Gasteiger partial charge in [-0.05, 0) is 28.1 Å². The number of rotatable bonds is 2. The van der Waals surface area contributed by atoms with Gasteiger partial charge in [0, 0.05) is 11.0 Å². The summed E-state index contributed by atoms with van der Waals surface area (Å²) in [6.07, 6.45) is 5.41. The summed E-state index contributed by atoms with van der Waals surface area (Å²) >= 11 is 3.14. The highest BCUT2D eigenvalue weighted by Gasteiger charge is 2.25. The Balaban J connectivity index is 2.65. The third-order valence-corrected chi connectivity index (χ3v) is 3.76. The summed E-state index contributed by atoms with van der Waals surface area (Å²) in [5.41, 5.74) is 7.16. The maximum atomic E-state index is 13.7. The molecule has 5 heteroatoms. The summed E-state index contributed by atoms with van der Waals surface area (Å²) in [6.45, 7) is 6.44. The molecule has 0 fully saturated rings. The monoisotopic (exact) mass is 349 g/mol. The fourth-order valence-electron chi connectivity index (χ4n) is 2.15. The SMILES string of the molecule is C#CCn1c(C(C)(C)C)nc(-c2ccc(Br)c(F)c2)c1N. The van der Waals surface area contributed by atoms with Crippen molar-refractivity contribution in [2.75, 3.05) is 5.73 Å². The molecule has 2 N–H and O–H groups in total. The molecule has 21 heavy (non-hydrogen) atoms. The largest absolute Gasteiger partial charge is 0.383 e. The highest BCUT2D eigenvalue weighted by Crippen LogP contribution is 2.33. The van der Waals surface area contributed by atoms with Gasteiger partial charge in [-0.2, -0.15) is 0 Å². The number of aromatic nitrogens is 2. The van der Waals surface area contributed by atoms with E-state index < -0.39 is 0 Å². The number of hydrogen-bond donors (Lipinski definition) is 1.